The minimum absolute atomic E-state index is 0.177. The number of nitrogens with zero attached hydrogens (tertiary/aromatic N) is 2. The van der Waals surface area contributed by atoms with Crippen LogP contribution in [0.15, 0.2) is 54.6 Å². The third-order valence-corrected chi connectivity index (χ3v) is 4.09. The fraction of sp³-hybridized carbons (Fsp3) is 0.0952. The van der Waals surface area contributed by atoms with E-state index >= 15 is 0 Å². The number of anilines is 1. The molecule has 0 aliphatic rings. The van der Waals surface area contributed by atoms with Crippen molar-refractivity contribution in [3.05, 3.63) is 65.9 Å². The van der Waals surface area contributed by atoms with Gasteiger partial charge in [0.2, 0.25) is 0 Å². The smallest absolute Gasteiger partial charge is 0.341 e. The second-order valence-electron chi connectivity index (χ2n) is 5.89. The van der Waals surface area contributed by atoms with Gasteiger partial charge in [-0.1, -0.05) is 42.5 Å². The zero-order valence-corrected chi connectivity index (χ0v) is 14.6. The predicted octanol–water partition coefficient (Wildman–Crippen LogP) is 3.64. The maximum Gasteiger partial charge on any atom is 0.341 e. The van der Waals surface area contributed by atoms with Gasteiger partial charge in [-0.25, -0.2) is 9.78 Å². The molecule has 0 spiro atoms. The van der Waals surface area contributed by atoms with Crippen molar-refractivity contribution >= 4 is 11.8 Å². The fourth-order valence-corrected chi connectivity index (χ4v) is 2.95. The number of nitriles is 1. The number of benzene rings is 2. The Kier molecular flexibility index (Phi) is 5.04. The van der Waals surface area contributed by atoms with Crippen LogP contribution in [0.5, 0.6) is 5.75 Å². The van der Waals surface area contributed by atoms with Gasteiger partial charge in [-0.05, 0) is 30.2 Å². The molecule has 6 nitrogen and oxygen atoms in total. The summed E-state index contributed by atoms with van der Waals surface area (Å²) in [6, 6.07) is 18.7. The van der Waals surface area contributed by atoms with Crippen molar-refractivity contribution < 1.29 is 14.6 Å². The molecule has 0 aliphatic carbocycles. The van der Waals surface area contributed by atoms with E-state index in [2.05, 4.69) is 11.1 Å². The number of aromatic nitrogens is 1. The number of aryl methyl sites for hydroxylation is 1. The zero-order valence-electron chi connectivity index (χ0n) is 14.6. The van der Waals surface area contributed by atoms with Crippen molar-refractivity contribution in [3.8, 4) is 34.1 Å². The third kappa shape index (κ3) is 3.72. The number of hydrogen-bond acceptors (Lipinski definition) is 5. The molecule has 0 unspecified atom stereocenters. The summed E-state index contributed by atoms with van der Waals surface area (Å²) in [5.41, 5.74) is 10.3. The number of hydrogen-bond donors (Lipinski definition) is 2. The van der Waals surface area contributed by atoms with E-state index in [-0.39, 0.29) is 5.82 Å². The molecule has 1 heterocycles. The Morgan fingerprint density at radius 2 is 1.74 bits per heavy atom. The number of carboxylic acid groups (broad SMARTS) is 1. The number of nitrogen functional groups attached to an aromatic ring is 1. The SMILES string of the molecule is Cc1nc(N)c(C#N)c(-c2ccc(OCC(=O)O)cc2)c1-c1ccccc1. The molecule has 0 fully saturated rings. The predicted molar refractivity (Wildman–Crippen MR) is 102 cm³/mol. The Bertz CT molecular complexity index is 1020. The first-order chi connectivity index (χ1) is 13.0. The highest BCUT2D eigenvalue weighted by molar-refractivity contribution is 5.91. The lowest BCUT2D eigenvalue weighted by Gasteiger charge is -2.16. The lowest BCUT2D eigenvalue weighted by atomic mass is 9.90. The van der Waals surface area contributed by atoms with Crippen LogP contribution in [0.3, 0.4) is 0 Å². The van der Waals surface area contributed by atoms with Gasteiger partial charge in [-0.15, -0.1) is 0 Å². The van der Waals surface area contributed by atoms with Crippen molar-refractivity contribution in [3.63, 3.8) is 0 Å². The highest BCUT2D eigenvalue weighted by Gasteiger charge is 2.19. The second-order valence-corrected chi connectivity index (χ2v) is 5.89. The summed E-state index contributed by atoms with van der Waals surface area (Å²) < 4.78 is 5.18. The summed E-state index contributed by atoms with van der Waals surface area (Å²) in [4.78, 5) is 15.0. The molecule has 6 heteroatoms. The normalized spacial score (nSPS) is 10.2. The molecular weight excluding hydrogens is 342 g/mol. The summed E-state index contributed by atoms with van der Waals surface area (Å²) in [6.45, 7) is 1.44. The third-order valence-electron chi connectivity index (χ3n) is 4.09. The van der Waals surface area contributed by atoms with Gasteiger partial charge in [0, 0.05) is 16.8 Å². The van der Waals surface area contributed by atoms with Crippen molar-refractivity contribution in [2.45, 2.75) is 6.92 Å². The van der Waals surface area contributed by atoms with Crippen LogP contribution in [-0.4, -0.2) is 22.7 Å². The maximum absolute atomic E-state index is 10.6. The molecule has 0 bridgehead atoms. The Labute approximate surface area is 156 Å². The number of carbonyl (C=O) groups is 1. The van der Waals surface area contributed by atoms with Crippen LogP contribution in [0, 0.1) is 18.3 Å². The number of carboxylic acids is 1. The van der Waals surface area contributed by atoms with Gasteiger partial charge >= 0.3 is 5.97 Å². The number of ether oxygens (including phenoxy) is 1. The Hall–Kier alpha value is -3.85. The summed E-state index contributed by atoms with van der Waals surface area (Å²) in [5, 5.41) is 18.4. The molecule has 0 amide bonds. The van der Waals surface area contributed by atoms with Crippen LogP contribution in [0.1, 0.15) is 11.3 Å². The van der Waals surface area contributed by atoms with Gasteiger partial charge in [0.15, 0.2) is 6.61 Å². The molecule has 3 N–H and O–H groups in total. The summed E-state index contributed by atoms with van der Waals surface area (Å²) in [7, 11) is 0. The molecule has 134 valence electrons. The molecule has 0 saturated heterocycles. The molecule has 0 radical (unpaired) electrons. The number of pyridine rings is 1. The molecule has 2 aromatic carbocycles. The number of rotatable bonds is 5. The molecule has 0 aliphatic heterocycles. The van der Waals surface area contributed by atoms with E-state index in [1.54, 1.807) is 24.3 Å². The first kappa shape index (κ1) is 18.0. The lowest BCUT2D eigenvalue weighted by molar-refractivity contribution is -0.139. The van der Waals surface area contributed by atoms with E-state index in [0.717, 1.165) is 22.4 Å². The molecule has 3 aromatic rings. The molecule has 3 rings (SSSR count). The van der Waals surface area contributed by atoms with Gasteiger partial charge in [-0.3, -0.25) is 0 Å². The average molecular weight is 359 g/mol. The molecule has 1 aromatic heterocycles. The summed E-state index contributed by atoms with van der Waals surface area (Å²) >= 11 is 0. The molecule has 27 heavy (non-hydrogen) atoms. The van der Waals surface area contributed by atoms with E-state index < -0.39 is 12.6 Å². The Morgan fingerprint density at radius 3 is 2.33 bits per heavy atom. The highest BCUT2D eigenvalue weighted by atomic mass is 16.5. The van der Waals surface area contributed by atoms with Gasteiger partial charge in [0.05, 0.1) is 0 Å². The van der Waals surface area contributed by atoms with Crippen LogP contribution >= 0.6 is 0 Å². The van der Waals surface area contributed by atoms with Gasteiger partial charge < -0.3 is 15.6 Å². The quantitative estimate of drug-likeness (QED) is 0.720. The van der Waals surface area contributed by atoms with Crippen molar-refractivity contribution in [2.24, 2.45) is 0 Å². The van der Waals surface area contributed by atoms with Gasteiger partial charge in [0.25, 0.3) is 0 Å². The average Bonchev–Trinajstić information content (AvgIpc) is 2.67. The minimum atomic E-state index is -1.05. The first-order valence-corrected chi connectivity index (χ1v) is 8.22. The monoisotopic (exact) mass is 359 g/mol. The molecule has 0 atom stereocenters. The molecule has 0 saturated carbocycles. The molecular formula is C21H17N3O3. The zero-order chi connectivity index (χ0) is 19.4. The van der Waals surface area contributed by atoms with Crippen molar-refractivity contribution in [2.75, 3.05) is 12.3 Å². The van der Waals surface area contributed by atoms with Crippen molar-refractivity contribution in [1.82, 2.24) is 4.98 Å². The number of nitrogens with two attached hydrogens (primary N) is 1. The van der Waals surface area contributed by atoms with Crippen molar-refractivity contribution in [1.29, 1.82) is 5.26 Å². The van der Waals surface area contributed by atoms with Gasteiger partial charge in [-0.2, -0.15) is 5.26 Å². The first-order valence-electron chi connectivity index (χ1n) is 8.22. The van der Waals surface area contributed by atoms with Crippen LogP contribution < -0.4 is 10.5 Å². The fourth-order valence-electron chi connectivity index (χ4n) is 2.95. The topological polar surface area (TPSA) is 109 Å². The highest BCUT2D eigenvalue weighted by Crippen LogP contribution is 2.39. The maximum atomic E-state index is 10.6. The van der Waals surface area contributed by atoms with Crippen LogP contribution in [0.25, 0.3) is 22.3 Å². The lowest BCUT2D eigenvalue weighted by Crippen LogP contribution is -2.09. The van der Waals surface area contributed by atoms with E-state index in [1.807, 2.05) is 37.3 Å². The van der Waals surface area contributed by atoms with Crippen LogP contribution in [0.4, 0.5) is 5.82 Å². The van der Waals surface area contributed by atoms with E-state index in [4.69, 9.17) is 15.6 Å². The van der Waals surface area contributed by atoms with E-state index in [0.29, 0.717) is 16.9 Å². The number of aliphatic carboxylic acids is 1. The standard InChI is InChI=1S/C21H17N3O3/c1-13-19(14-5-3-2-4-6-14)20(17(11-22)21(23)24-13)15-7-9-16(10-8-15)27-12-18(25)26/h2-10H,12H2,1H3,(H2,23,24)(H,25,26). The summed E-state index contributed by atoms with van der Waals surface area (Å²) in [5.74, 6) is -0.440. The Balaban J connectivity index is 2.17. The van der Waals surface area contributed by atoms with Gasteiger partial charge in [0.1, 0.15) is 23.2 Å². The van der Waals surface area contributed by atoms with E-state index in [1.165, 1.54) is 0 Å². The van der Waals surface area contributed by atoms with Crippen LogP contribution in [-0.2, 0) is 4.79 Å². The minimum Gasteiger partial charge on any atom is -0.482 e. The second kappa shape index (κ2) is 7.58. The van der Waals surface area contributed by atoms with E-state index in [9.17, 15) is 10.1 Å². The van der Waals surface area contributed by atoms with Crippen LogP contribution in [0.2, 0.25) is 0 Å². The largest absolute Gasteiger partial charge is 0.482 e. The Morgan fingerprint density at radius 1 is 1.11 bits per heavy atom. The summed E-state index contributed by atoms with van der Waals surface area (Å²) in [6.07, 6.45) is 0.